The normalized spacial score (nSPS) is 10.2. The van der Waals surface area contributed by atoms with Crippen molar-refractivity contribution in [1.29, 1.82) is 0 Å². The van der Waals surface area contributed by atoms with Crippen molar-refractivity contribution >= 4 is 11.8 Å². The molecule has 120 valence electrons. The molecule has 0 bridgehead atoms. The Morgan fingerprint density at radius 2 is 1.65 bits per heavy atom. The quantitative estimate of drug-likeness (QED) is 0.888. The molecule has 5 heteroatoms. The van der Waals surface area contributed by atoms with Crippen molar-refractivity contribution in [3.05, 3.63) is 71.5 Å². The van der Waals surface area contributed by atoms with E-state index < -0.39 is 0 Å². The fourth-order valence-electron chi connectivity index (χ4n) is 2.10. The van der Waals surface area contributed by atoms with E-state index in [9.17, 15) is 14.0 Å². The number of likely N-dealkylation sites (N-methyl/N-ethyl adjacent to an activating group) is 1. The van der Waals surface area contributed by atoms with E-state index in [4.69, 9.17) is 0 Å². The third kappa shape index (κ3) is 5.54. The molecule has 2 amide bonds. The second kappa shape index (κ2) is 8.08. The molecule has 23 heavy (non-hydrogen) atoms. The molecule has 0 aromatic heterocycles. The van der Waals surface area contributed by atoms with E-state index in [2.05, 4.69) is 5.32 Å². The summed E-state index contributed by atoms with van der Waals surface area (Å²) >= 11 is 0. The molecule has 0 aliphatic carbocycles. The van der Waals surface area contributed by atoms with Gasteiger partial charge in [-0.15, -0.1) is 0 Å². The smallest absolute Gasteiger partial charge is 0.242 e. The Kier molecular flexibility index (Phi) is 5.86. The van der Waals surface area contributed by atoms with E-state index in [1.165, 1.54) is 17.0 Å². The van der Waals surface area contributed by atoms with Gasteiger partial charge in [-0.1, -0.05) is 42.5 Å². The summed E-state index contributed by atoms with van der Waals surface area (Å²) in [5.41, 5.74) is 1.73. The molecular formula is C18H19FN2O2. The maximum atomic E-state index is 12.8. The van der Waals surface area contributed by atoms with E-state index >= 15 is 0 Å². The highest BCUT2D eigenvalue weighted by Gasteiger charge is 2.11. The number of hydrogen-bond donors (Lipinski definition) is 1. The lowest BCUT2D eigenvalue weighted by Gasteiger charge is -2.17. The molecule has 0 aliphatic heterocycles. The lowest BCUT2D eigenvalue weighted by molar-refractivity contribution is -0.132. The number of carbonyl (C=O) groups excluding carboxylic acids is 2. The molecule has 0 atom stereocenters. The lowest BCUT2D eigenvalue weighted by Crippen LogP contribution is -2.38. The van der Waals surface area contributed by atoms with Crippen LogP contribution in [0.1, 0.15) is 11.1 Å². The van der Waals surface area contributed by atoms with Crippen LogP contribution in [0.15, 0.2) is 54.6 Å². The SMILES string of the molecule is CN(Cc1ccc(F)cc1)C(=O)CNC(=O)Cc1ccccc1. The van der Waals surface area contributed by atoms with Gasteiger partial charge in [0.1, 0.15) is 5.82 Å². The van der Waals surface area contributed by atoms with Crippen LogP contribution in [0.3, 0.4) is 0 Å². The van der Waals surface area contributed by atoms with Gasteiger partial charge in [0.15, 0.2) is 0 Å². The molecule has 0 aliphatic rings. The number of nitrogens with one attached hydrogen (secondary N) is 1. The van der Waals surface area contributed by atoms with Gasteiger partial charge in [-0.05, 0) is 23.3 Å². The maximum Gasteiger partial charge on any atom is 0.242 e. The summed E-state index contributed by atoms with van der Waals surface area (Å²) in [6, 6.07) is 15.3. The monoisotopic (exact) mass is 314 g/mol. The van der Waals surface area contributed by atoms with Crippen molar-refractivity contribution in [2.75, 3.05) is 13.6 Å². The molecule has 2 rings (SSSR count). The fraction of sp³-hybridized carbons (Fsp3) is 0.222. The molecule has 4 nitrogen and oxygen atoms in total. The van der Waals surface area contributed by atoms with Gasteiger partial charge in [-0.25, -0.2) is 4.39 Å². The van der Waals surface area contributed by atoms with Gasteiger partial charge in [0.2, 0.25) is 11.8 Å². The first-order chi connectivity index (χ1) is 11.0. The fourth-order valence-corrected chi connectivity index (χ4v) is 2.10. The summed E-state index contributed by atoms with van der Waals surface area (Å²) in [5, 5.41) is 2.62. The molecule has 0 saturated carbocycles. The Hall–Kier alpha value is -2.69. The minimum absolute atomic E-state index is 0.0522. The molecular weight excluding hydrogens is 295 g/mol. The average Bonchev–Trinajstić information content (AvgIpc) is 2.55. The number of benzene rings is 2. The molecule has 0 saturated heterocycles. The Morgan fingerprint density at radius 1 is 1.00 bits per heavy atom. The third-order valence-electron chi connectivity index (χ3n) is 3.40. The van der Waals surface area contributed by atoms with Gasteiger partial charge in [0, 0.05) is 13.6 Å². The van der Waals surface area contributed by atoms with Crippen LogP contribution in [-0.4, -0.2) is 30.3 Å². The Morgan fingerprint density at radius 3 is 2.30 bits per heavy atom. The summed E-state index contributed by atoms with van der Waals surface area (Å²) < 4.78 is 12.8. The number of rotatable bonds is 6. The second-order valence-electron chi connectivity index (χ2n) is 5.32. The molecule has 0 radical (unpaired) electrons. The van der Waals surface area contributed by atoms with Crippen LogP contribution >= 0.6 is 0 Å². The van der Waals surface area contributed by atoms with Gasteiger partial charge in [0.25, 0.3) is 0 Å². The Bertz CT molecular complexity index is 656. The van der Waals surface area contributed by atoms with Crippen LogP contribution in [-0.2, 0) is 22.6 Å². The van der Waals surface area contributed by atoms with Crippen molar-refractivity contribution in [3.63, 3.8) is 0 Å². The van der Waals surface area contributed by atoms with Crippen molar-refractivity contribution < 1.29 is 14.0 Å². The highest BCUT2D eigenvalue weighted by molar-refractivity contribution is 5.85. The maximum absolute atomic E-state index is 12.8. The zero-order valence-corrected chi connectivity index (χ0v) is 13.0. The average molecular weight is 314 g/mol. The van der Waals surface area contributed by atoms with Crippen molar-refractivity contribution in [3.8, 4) is 0 Å². The first-order valence-electron chi connectivity index (χ1n) is 7.33. The van der Waals surface area contributed by atoms with Crippen molar-refractivity contribution in [2.45, 2.75) is 13.0 Å². The standard InChI is InChI=1S/C18H19FN2O2/c1-21(13-15-7-9-16(19)10-8-15)18(23)12-20-17(22)11-14-5-3-2-4-6-14/h2-10H,11-13H2,1H3,(H,20,22). The first-order valence-corrected chi connectivity index (χ1v) is 7.33. The largest absolute Gasteiger partial charge is 0.347 e. The van der Waals surface area contributed by atoms with E-state index in [1.807, 2.05) is 30.3 Å². The summed E-state index contributed by atoms with van der Waals surface area (Å²) in [6.45, 7) is 0.316. The number of nitrogens with zero attached hydrogens (tertiary/aromatic N) is 1. The van der Waals surface area contributed by atoms with E-state index in [1.54, 1.807) is 19.2 Å². The zero-order valence-electron chi connectivity index (χ0n) is 13.0. The molecule has 0 spiro atoms. The Balaban J connectivity index is 1.77. The molecule has 2 aromatic carbocycles. The molecule has 0 heterocycles. The molecule has 2 aromatic rings. The predicted molar refractivity (Wildman–Crippen MR) is 86.0 cm³/mol. The third-order valence-corrected chi connectivity index (χ3v) is 3.40. The minimum atomic E-state index is -0.309. The van der Waals surface area contributed by atoms with Gasteiger partial charge in [-0.3, -0.25) is 9.59 Å². The van der Waals surface area contributed by atoms with Crippen LogP contribution in [0.5, 0.6) is 0 Å². The number of hydrogen-bond acceptors (Lipinski definition) is 2. The lowest BCUT2D eigenvalue weighted by atomic mass is 10.1. The number of halogens is 1. The first kappa shape index (κ1) is 16.7. The summed E-state index contributed by atoms with van der Waals surface area (Å²) in [5.74, 6) is -0.702. The molecule has 1 N–H and O–H groups in total. The topological polar surface area (TPSA) is 49.4 Å². The van der Waals surface area contributed by atoms with Crippen molar-refractivity contribution in [2.24, 2.45) is 0 Å². The predicted octanol–water partition coefficient (Wildman–Crippen LogP) is 2.14. The van der Waals surface area contributed by atoms with Crippen LogP contribution in [0.4, 0.5) is 4.39 Å². The minimum Gasteiger partial charge on any atom is -0.347 e. The zero-order chi connectivity index (χ0) is 16.7. The van der Waals surface area contributed by atoms with E-state index in [0.29, 0.717) is 6.54 Å². The molecule has 0 unspecified atom stereocenters. The summed E-state index contributed by atoms with van der Waals surface area (Å²) in [7, 11) is 1.65. The van der Waals surface area contributed by atoms with Crippen LogP contribution in [0.25, 0.3) is 0 Å². The molecule has 0 fully saturated rings. The van der Waals surface area contributed by atoms with Crippen molar-refractivity contribution in [1.82, 2.24) is 10.2 Å². The summed E-state index contributed by atoms with van der Waals surface area (Å²) in [4.78, 5) is 25.3. The van der Waals surface area contributed by atoms with Crippen LogP contribution in [0.2, 0.25) is 0 Å². The highest BCUT2D eigenvalue weighted by Crippen LogP contribution is 2.05. The Labute approximate surface area is 134 Å². The van der Waals surface area contributed by atoms with Crippen LogP contribution in [0, 0.1) is 5.82 Å². The second-order valence-corrected chi connectivity index (χ2v) is 5.32. The van der Waals surface area contributed by atoms with Gasteiger partial charge in [0.05, 0.1) is 13.0 Å². The van der Waals surface area contributed by atoms with E-state index in [-0.39, 0.29) is 30.6 Å². The van der Waals surface area contributed by atoms with Crippen LogP contribution < -0.4 is 5.32 Å². The summed E-state index contributed by atoms with van der Waals surface area (Å²) in [6.07, 6.45) is 0.246. The van der Waals surface area contributed by atoms with Gasteiger partial charge < -0.3 is 10.2 Å². The number of amides is 2. The van der Waals surface area contributed by atoms with E-state index in [0.717, 1.165) is 11.1 Å². The van der Waals surface area contributed by atoms with Gasteiger partial charge in [-0.2, -0.15) is 0 Å². The van der Waals surface area contributed by atoms with Gasteiger partial charge >= 0.3 is 0 Å². The number of carbonyl (C=O) groups is 2. The highest BCUT2D eigenvalue weighted by atomic mass is 19.1.